The highest BCUT2D eigenvalue weighted by Crippen LogP contribution is 2.30. The van der Waals surface area contributed by atoms with Crippen LogP contribution in [0.3, 0.4) is 0 Å². The first kappa shape index (κ1) is 22.9. The molecule has 0 aliphatic carbocycles. The maximum Gasteiger partial charge on any atom is 0.387 e. The number of hydrogen-bond acceptors (Lipinski definition) is 5. The lowest BCUT2D eigenvalue weighted by Crippen LogP contribution is -2.38. The average Bonchev–Trinajstić information content (AvgIpc) is 3.16. The Labute approximate surface area is 174 Å². The van der Waals surface area contributed by atoms with Gasteiger partial charge in [-0.15, -0.1) is 11.3 Å². The van der Waals surface area contributed by atoms with Crippen molar-refractivity contribution in [2.75, 3.05) is 19.7 Å². The zero-order valence-corrected chi connectivity index (χ0v) is 17.8. The van der Waals surface area contributed by atoms with Crippen LogP contribution >= 0.6 is 11.3 Å². The van der Waals surface area contributed by atoms with Gasteiger partial charge in [0.2, 0.25) is 0 Å². The summed E-state index contributed by atoms with van der Waals surface area (Å²) in [5, 5.41) is 7.59. The molecule has 0 bridgehead atoms. The first-order valence-corrected chi connectivity index (χ1v) is 10.5. The molecule has 160 valence electrons. The third kappa shape index (κ3) is 7.84. The molecule has 0 saturated heterocycles. The molecule has 0 spiro atoms. The highest BCUT2D eigenvalue weighted by Gasteiger charge is 2.11. The number of ether oxygens (including phenoxy) is 2. The summed E-state index contributed by atoms with van der Waals surface area (Å²) in [6.07, 6.45) is 3.75. The topological polar surface area (TPSA) is 67.8 Å². The predicted molar refractivity (Wildman–Crippen MR) is 112 cm³/mol. The fourth-order valence-corrected chi connectivity index (χ4v) is 3.40. The van der Waals surface area contributed by atoms with Gasteiger partial charge in [0.15, 0.2) is 17.5 Å². The quantitative estimate of drug-likeness (QED) is 0.420. The largest absolute Gasteiger partial charge is 0.490 e. The number of aliphatic imine (C=N–C) groups is 1. The Hall–Kier alpha value is -2.42. The monoisotopic (exact) mass is 426 g/mol. The van der Waals surface area contributed by atoms with Crippen molar-refractivity contribution < 1.29 is 18.3 Å². The van der Waals surface area contributed by atoms with Crippen LogP contribution in [0.2, 0.25) is 0 Å². The van der Waals surface area contributed by atoms with E-state index in [0.29, 0.717) is 25.7 Å². The fraction of sp³-hybridized carbons (Fsp3) is 0.500. The highest BCUT2D eigenvalue weighted by molar-refractivity contribution is 7.11. The number of benzene rings is 1. The predicted octanol–water partition coefficient (Wildman–Crippen LogP) is 4.00. The van der Waals surface area contributed by atoms with Crippen LogP contribution in [0.4, 0.5) is 8.78 Å². The normalized spacial score (nSPS) is 11.6. The van der Waals surface area contributed by atoms with Crippen LogP contribution in [0.25, 0.3) is 0 Å². The maximum absolute atomic E-state index is 12.5. The van der Waals surface area contributed by atoms with Crippen molar-refractivity contribution in [2.45, 2.75) is 46.8 Å². The molecule has 2 aromatic rings. The standard InChI is InChI=1S/C20H28F2N4O2S/c1-4-15-13-25-18(29-15)9-10-24-20(23-5-2)26-12-14-7-8-16(28-19(21)22)17(11-14)27-6-3/h7-8,11,13,19H,4-6,9-10,12H2,1-3H3,(H2,23,24,26). The molecule has 1 aromatic heterocycles. The Morgan fingerprint density at radius 3 is 2.69 bits per heavy atom. The minimum absolute atomic E-state index is 0.0227. The summed E-state index contributed by atoms with van der Waals surface area (Å²) in [6, 6.07) is 4.86. The molecular formula is C20H28F2N4O2S. The Bertz CT molecular complexity index is 784. The number of nitrogens with zero attached hydrogens (tertiary/aromatic N) is 2. The van der Waals surface area contributed by atoms with Gasteiger partial charge in [0.25, 0.3) is 0 Å². The minimum atomic E-state index is -2.89. The number of alkyl halides is 2. The third-order valence-corrected chi connectivity index (χ3v) is 5.07. The fourth-order valence-electron chi connectivity index (χ4n) is 2.54. The zero-order chi connectivity index (χ0) is 21.1. The van der Waals surface area contributed by atoms with Gasteiger partial charge in [-0.2, -0.15) is 8.78 Å². The molecule has 0 unspecified atom stereocenters. The van der Waals surface area contributed by atoms with Gasteiger partial charge in [-0.05, 0) is 38.0 Å². The summed E-state index contributed by atoms with van der Waals surface area (Å²) in [4.78, 5) is 10.3. The summed E-state index contributed by atoms with van der Waals surface area (Å²) in [5.74, 6) is 0.995. The zero-order valence-electron chi connectivity index (χ0n) is 17.0. The molecule has 29 heavy (non-hydrogen) atoms. The molecule has 1 aromatic carbocycles. The minimum Gasteiger partial charge on any atom is -0.490 e. The number of guanidine groups is 1. The SMILES string of the molecule is CCNC(=NCc1ccc(OC(F)F)c(OCC)c1)NCCc1ncc(CC)s1. The molecule has 0 radical (unpaired) electrons. The van der Waals surface area contributed by atoms with E-state index < -0.39 is 6.61 Å². The first-order valence-electron chi connectivity index (χ1n) is 9.71. The maximum atomic E-state index is 12.5. The number of rotatable bonds is 11. The third-order valence-electron chi connectivity index (χ3n) is 3.87. The molecule has 6 nitrogen and oxygen atoms in total. The lowest BCUT2D eigenvalue weighted by molar-refractivity contribution is -0.0514. The second kappa shape index (κ2) is 12.2. The van der Waals surface area contributed by atoms with Gasteiger partial charge >= 0.3 is 6.61 Å². The van der Waals surface area contributed by atoms with E-state index in [2.05, 4.69) is 32.3 Å². The van der Waals surface area contributed by atoms with Crippen LogP contribution in [0.1, 0.15) is 36.2 Å². The van der Waals surface area contributed by atoms with Crippen molar-refractivity contribution >= 4 is 17.3 Å². The Morgan fingerprint density at radius 1 is 1.21 bits per heavy atom. The lowest BCUT2D eigenvalue weighted by Gasteiger charge is -2.13. The summed E-state index contributed by atoms with van der Waals surface area (Å²) >= 11 is 1.73. The van der Waals surface area contributed by atoms with Crippen molar-refractivity contribution in [3.05, 3.63) is 39.8 Å². The Balaban J connectivity index is 1.97. The lowest BCUT2D eigenvalue weighted by atomic mass is 10.2. The smallest absolute Gasteiger partial charge is 0.387 e. The first-order chi connectivity index (χ1) is 14.0. The molecule has 2 N–H and O–H groups in total. The van der Waals surface area contributed by atoms with Gasteiger partial charge in [-0.25, -0.2) is 9.98 Å². The summed E-state index contributed by atoms with van der Waals surface area (Å²) in [5.41, 5.74) is 0.833. The number of nitrogens with one attached hydrogen (secondary N) is 2. The van der Waals surface area contributed by atoms with E-state index in [1.165, 1.54) is 10.9 Å². The summed E-state index contributed by atoms with van der Waals surface area (Å²) in [6.45, 7) is 5.19. The van der Waals surface area contributed by atoms with Gasteiger partial charge in [0.1, 0.15) is 0 Å². The molecule has 2 rings (SSSR count). The van der Waals surface area contributed by atoms with E-state index in [0.717, 1.165) is 30.0 Å². The molecule has 0 atom stereocenters. The van der Waals surface area contributed by atoms with Crippen molar-refractivity contribution in [3.63, 3.8) is 0 Å². The van der Waals surface area contributed by atoms with Crippen LogP contribution in [0, 0.1) is 0 Å². The van der Waals surface area contributed by atoms with Crippen LogP contribution < -0.4 is 20.1 Å². The number of hydrogen-bond donors (Lipinski definition) is 2. The molecule has 0 aliphatic rings. The molecule has 0 fully saturated rings. The van der Waals surface area contributed by atoms with Crippen LogP contribution in [-0.2, 0) is 19.4 Å². The van der Waals surface area contributed by atoms with E-state index in [9.17, 15) is 8.78 Å². The van der Waals surface area contributed by atoms with E-state index in [-0.39, 0.29) is 11.5 Å². The number of halogens is 2. The van der Waals surface area contributed by atoms with Crippen molar-refractivity contribution in [1.82, 2.24) is 15.6 Å². The van der Waals surface area contributed by atoms with Gasteiger partial charge in [0, 0.05) is 30.6 Å². The summed E-state index contributed by atoms with van der Waals surface area (Å²) in [7, 11) is 0. The van der Waals surface area contributed by atoms with Crippen LogP contribution in [0.5, 0.6) is 11.5 Å². The van der Waals surface area contributed by atoms with Crippen molar-refractivity contribution in [3.8, 4) is 11.5 Å². The van der Waals surface area contributed by atoms with E-state index >= 15 is 0 Å². The molecule has 0 saturated carbocycles. The second-order valence-corrected chi connectivity index (χ2v) is 7.24. The van der Waals surface area contributed by atoms with E-state index in [4.69, 9.17) is 4.74 Å². The van der Waals surface area contributed by atoms with Gasteiger partial charge in [-0.1, -0.05) is 13.0 Å². The average molecular weight is 427 g/mol. The Morgan fingerprint density at radius 2 is 2.03 bits per heavy atom. The molecule has 0 amide bonds. The van der Waals surface area contributed by atoms with Crippen LogP contribution in [-0.4, -0.2) is 37.3 Å². The highest BCUT2D eigenvalue weighted by atomic mass is 32.1. The molecule has 9 heteroatoms. The number of aryl methyl sites for hydroxylation is 1. The molecular weight excluding hydrogens is 398 g/mol. The van der Waals surface area contributed by atoms with Crippen molar-refractivity contribution in [1.29, 1.82) is 0 Å². The van der Waals surface area contributed by atoms with Crippen LogP contribution in [0.15, 0.2) is 29.4 Å². The molecule has 0 aliphatic heterocycles. The second-order valence-electron chi connectivity index (χ2n) is 6.04. The summed E-state index contributed by atoms with van der Waals surface area (Å²) < 4.78 is 35.0. The van der Waals surface area contributed by atoms with Gasteiger partial charge in [-0.3, -0.25) is 0 Å². The van der Waals surface area contributed by atoms with Crippen molar-refractivity contribution in [2.24, 2.45) is 4.99 Å². The van der Waals surface area contributed by atoms with E-state index in [1.807, 2.05) is 13.1 Å². The Kier molecular flexibility index (Phi) is 9.63. The van der Waals surface area contributed by atoms with E-state index in [1.54, 1.807) is 30.4 Å². The van der Waals surface area contributed by atoms with Gasteiger partial charge in [0.05, 0.1) is 18.2 Å². The number of thiazole rings is 1. The number of aromatic nitrogens is 1. The molecule has 1 heterocycles. The van der Waals surface area contributed by atoms with Gasteiger partial charge < -0.3 is 20.1 Å².